The summed E-state index contributed by atoms with van der Waals surface area (Å²) < 4.78 is 2.11. The smallest absolute Gasteiger partial charge is 0.0596 e. The van der Waals surface area contributed by atoms with Crippen LogP contribution in [-0.4, -0.2) is 16.3 Å². The Hall–Kier alpha value is -1.61. The highest BCUT2D eigenvalue weighted by Crippen LogP contribution is 2.21. The number of benzene rings is 1. The maximum absolute atomic E-state index is 4.56. The highest BCUT2D eigenvalue weighted by molar-refractivity contribution is 5.31. The van der Waals surface area contributed by atoms with Crippen molar-refractivity contribution in [1.82, 2.24) is 15.1 Å². The van der Waals surface area contributed by atoms with Crippen molar-refractivity contribution >= 4 is 0 Å². The molecule has 1 N–H and O–H groups in total. The highest BCUT2D eigenvalue weighted by Gasteiger charge is 2.15. The monoisotopic (exact) mass is 285 g/mol. The zero-order valence-electron chi connectivity index (χ0n) is 13.9. The Kier molecular flexibility index (Phi) is 5.18. The topological polar surface area (TPSA) is 29.9 Å². The predicted molar refractivity (Wildman–Crippen MR) is 88.7 cm³/mol. The van der Waals surface area contributed by atoms with Gasteiger partial charge in [0.05, 0.1) is 5.69 Å². The molecule has 0 saturated carbocycles. The fourth-order valence-electron chi connectivity index (χ4n) is 3.01. The van der Waals surface area contributed by atoms with Crippen LogP contribution >= 0.6 is 0 Å². The van der Waals surface area contributed by atoms with E-state index in [1.54, 1.807) is 0 Å². The van der Waals surface area contributed by atoms with Crippen LogP contribution in [-0.2, 0) is 13.0 Å². The van der Waals surface area contributed by atoms with Crippen molar-refractivity contribution in [3.63, 3.8) is 0 Å². The third-order valence-corrected chi connectivity index (χ3v) is 3.80. The van der Waals surface area contributed by atoms with Gasteiger partial charge < -0.3 is 5.32 Å². The molecule has 0 aliphatic rings. The number of rotatable bonds is 6. The van der Waals surface area contributed by atoms with Gasteiger partial charge in [-0.25, -0.2) is 0 Å². The van der Waals surface area contributed by atoms with Gasteiger partial charge in [-0.1, -0.05) is 36.2 Å². The summed E-state index contributed by atoms with van der Waals surface area (Å²) >= 11 is 0. The number of hydrogen-bond acceptors (Lipinski definition) is 2. The van der Waals surface area contributed by atoms with E-state index in [0.717, 1.165) is 25.2 Å². The molecule has 0 radical (unpaired) electrons. The fourth-order valence-corrected chi connectivity index (χ4v) is 3.01. The minimum atomic E-state index is 0.343. The summed E-state index contributed by atoms with van der Waals surface area (Å²) in [6.07, 6.45) is 0.978. The molecule has 1 heterocycles. The van der Waals surface area contributed by atoms with Crippen molar-refractivity contribution in [3.05, 3.63) is 52.3 Å². The maximum Gasteiger partial charge on any atom is 0.0596 e. The third-order valence-electron chi connectivity index (χ3n) is 3.80. The summed E-state index contributed by atoms with van der Waals surface area (Å²) in [7, 11) is 0. The molecule has 3 nitrogen and oxygen atoms in total. The van der Waals surface area contributed by atoms with Crippen molar-refractivity contribution < 1.29 is 0 Å². The van der Waals surface area contributed by atoms with Gasteiger partial charge in [0.1, 0.15) is 0 Å². The van der Waals surface area contributed by atoms with Gasteiger partial charge in [0.15, 0.2) is 0 Å². The largest absolute Gasteiger partial charge is 0.310 e. The van der Waals surface area contributed by atoms with Crippen LogP contribution in [0.15, 0.2) is 24.3 Å². The Morgan fingerprint density at radius 2 is 1.71 bits per heavy atom. The molecule has 2 rings (SSSR count). The van der Waals surface area contributed by atoms with Gasteiger partial charge in [-0.05, 0) is 45.9 Å². The predicted octanol–water partition coefficient (Wildman–Crippen LogP) is 3.72. The van der Waals surface area contributed by atoms with Crippen LogP contribution in [0, 0.1) is 20.8 Å². The van der Waals surface area contributed by atoms with Gasteiger partial charge >= 0.3 is 0 Å². The van der Waals surface area contributed by atoms with Crippen molar-refractivity contribution in [3.8, 4) is 0 Å². The van der Waals surface area contributed by atoms with Crippen LogP contribution < -0.4 is 5.32 Å². The second-order valence-corrected chi connectivity index (χ2v) is 5.83. The minimum Gasteiger partial charge on any atom is -0.310 e. The lowest BCUT2D eigenvalue weighted by Gasteiger charge is -2.20. The van der Waals surface area contributed by atoms with Gasteiger partial charge in [0.25, 0.3) is 0 Å². The molecule has 114 valence electrons. The lowest BCUT2D eigenvalue weighted by Crippen LogP contribution is -2.24. The number of aromatic nitrogens is 2. The van der Waals surface area contributed by atoms with Gasteiger partial charge in [0.2, 0.25) is 0 Å². The lowest BCUT2D eigenvalue weighted by molar-refractivity contribution is 0.516. The van der Waals surface area contributed by atoms with Gasteiger partial charge in [-0.2, -0.15) is 5.10 Å². The zero-order valence-corrected chi connectivity index (χ0v) is 13.9. The first-order chi connectivity index (χ1) is 10.0. The van der Waals surface area contributed by atoms with Crippen LogP contribution in [0.4, 0.5) is 0 Å². The summed E-state index contributed by atoms with van der Waals surface area (Å²) in [4.78, 5) is 0. The average Bonchev–Trinajstić information content (AvgIpc) is 2.77. The zero-order chi connectivity index (χ0) is 15.4. The molecule has 0 aliphatic heterocycles. The average molecular weight is 285 g/mol. The van der Waals surface area contributed by atoms with E-state index in [0.29, 0.717) is 6.04 Å². The van der Waals surface area contributed by atoms with E-state index in [-0.39, 0.29) is 0 Å². The Labute approximate surface area is 128 Å². The minimum absolute atomic E-state index is 0.343. The number of aryl methyl sites for hydroxylation is 4. The maximum atomic E-state index is 4.56. The summed E-state index contributed by atoms with van der Waals surface area (Å²) in [6.45, 7) is 12.6. The third kappa shape index (κ3) is 3.94. The molecule has 21 heavy (non-hydrogen) atoms. The Balaban J connectivity index is 2.30. The van der Waals surface area contributed by atoms with Gasteiger partial charge in [-0.15, -0.1) is 0 Å². The van der Waals surface area contributed by atoms with Crippen LogP contribution in [0.1, 0.15) is 48.0 Å². The lowest BCUT2D eigenvalue weighted by atomic mass is 9.97. The Bertz CT molecular complexity index is 578. The van der Waals surface area contributed by atoms with Crippen LogP contribution in [0.3, 0.4) is 0 Å². The van der Waals surface area contributed by atoms with Gasteiger partial charge in [-0.3, -0.25) is 4.68 Å². The number of hydrogen-bond donors (Lipinski definition) is 1. The van der Waals surface area contributed by atoms with Crippen molar-refractivity contribution in [2.24, 2.45) is 0 Å². The Morgan fingerprint density at radius 3 is 2.29 bits per heavy atom. The second-order valence-electron chi connectivity index (χ2n) is 5.83. The fraction of sp³-hybridized carbons (Fsp3) is 0.500. The number of nitrogens with zero attached hydrogens (tertiary/aromatic N) is 2. The molecule has 1 aromatic heterocycles. The quantitative estimate of drug-likeness (QED) is 0.876. The van der Waals surface area contributed by atoms with E-state index in [1.807, 2.05) is 0 Å². The number of likely N-dealkylation sites (N-methyl/N-ethyl adjacent to an activating group) is 1. The second kappa shape index (κ2) is 6.90. The summed E-state index contributed by atoms with van der Waals surface area (Å²) in [5.74, 6) is 0. The molecular formula is C18H27N3. The van der Waals surface area contributed by atoms with Crippen LogP contribution in [0.2, 0.25) is 0 Å². The molecule has 3 heteroatoms. The van der Waals surface area contributed by atoms with Crippen molar-refractivity contribution in [2.45, 2.75) is 53.6 Å². The first-order valence-electron chi connectivity index (χ1n) is 7.88. The normalized spacial score (nSPS) is 12.6. The van der Waals surface area contributed by atoms with Crippen molar-refractivity contribution in [2.75, 3.05) is 6.54 Å². The van der Waals surface area contributed by atoms with Gasteiger partial charge in [0, 0.05) is 24.7 Å². The van der Waals surface area contributed by atoms with E-state index >= 15 is 0 Å². The molecule has 0 amide bonds. The van der Waals surface area contributed by atoms with Crippen LogP contribution in [0.5, 0.6) is 0 Å². The van der Waals surface area contributed by atoms with E-state index in [1.165, 1.54) is 22.4 Å². The summed E-state index contributed by atoms with van der Waals surface area (Å²) in [6, 6.07) is 9.36. The number of nitrogens with one attached hydrogen (secondary N) is 1. The highest BCUT2D eigenvalue weighted by atomic mass is 15.3. The summed E-state index contributed by atoms with van der Waals surface area (Å²) in [5.41, 5.74) is 6.43. The molecule has 0 saturated heterocycles. The molecule has 0 fully saturated rings. The first-order valence-corrected chi connectivity index (χ1v) is 7.88. The molecule has 2 aromatic rings. The molecule has 1 unspecified atom stereocenters. The molecule has 1 aromatic carbocycles. The SMILES string of the molecule is CCNC(Cc1cc(C)nn1CC)c1cc(C)cc(C)c1. The molecule has 1 atom stereocenters. The molecule has 0 spiro atoms. The summed E-state index contributed by atoms with van der Waals surface area (Å²) in [5, 5.41) is 8.18. The standard InChI is InChI=1S/C18H27N3/c1-6-19-18(16-9-13(3)8-14(4)10-16)12-17-11-15(5)20-21(17)7-2/h8-11,18-19H,6-7,12H2,1-5H3. The Morgan fingerprint density at radius 1 is 1.05 bits per heavy atom. The van der Waals surface area contributed by atoms with E-state index in [4.69, 9.17) is 0 Å². The van der Waals surface area contributed by atoms with Crippen LogP contribution in [0.25, 0.3) is 0 Å². The van der Waals surface area contributed by atoms with E-state index in [2.05, 4.69) is 74.0 Å². The first kappa shape index (κ1) is 15.8. The molecule has 0 aliphatic carbocycles. The van der Waals surface area contributed by atoms with E-state index in [9.17, 15) is 0 Å². The molecular weight excluding hydrogens is 258 g/mol. The van der Waals surface area contributed by atoms with Crippen molar-refractivity contribution in [1.29, 1.82) is 0 Å². The van der Waals surface area contributed by atoms with E-state index < -0.39 is 0 Å². The molecule has 0 bridgehead atoms.